The van der Waals surface area contributed by atoms with Gasteiger partial charge in [0.2, 0.25) is 0 Å². The predicted octanol–water partition coefficient (Wildman–Crippen LogP) is 4.34. The number of alkyl halides is 2. The van der Waals surface area contributed by atoms with Gasteiger partial charge in [0.25, 0.3) is 5.91 Å². The molecular weight excluding hydrogens is 402 g/mol. The van der Waals surface area contributed by atoms with Crippen molar-refractivity contribution in [1.82, 2.24) is 9.80 Å². The average Bonchev–Trinajstić information content (AvgIpc) is 2.75. The van der Waals surface area contributed by atoms with Gasteiger partial charge in [-0.25, -0.2) is 0 Å². The number of hydrogen-bond acceptors (Lipinski definition) is 5. The van der Waals surface area contributed by atoms with E-state index in [9.17, 15) is 18.8 Å². The van der Waals surface area contributed by atoms with Gasteiger partial charge in [-0.05, 0) is 42.3 Å². The molecule has 1 N–H and O–H groups in total. The minimum absolute atomic E-state index is 0.0693. The van der Waals surface area contributed by atoms with Crippen LogP contribution in [0.3, 0.4) is 0 Å². The van der Waals surface area contributed by atoms with E-state index in [1.54, 1.807) is 35.2 Å². The normalized spacial score (nSPS) is 15.6. The summed E-state index contributed by atoms with van der Waals surface area (Å²) in [6.45, 7) is 3.60. The topological polar surface area (TPSA) is 68.6 Å². The second-order valence-electron chi connectivity index (χ2n) is 7.72. The fourth-order valence-electron chi connectivity index (χ4n) is 3.68. The Kier molecular flexibility index (Phi) is 7.42. The van der Waals surface area contributed by atoms with Crippen LogP contribution in [0.1, 0.15) is 24.2 Å². The fourth-order valence-corrected chi connectivity index (χ4v) is 3.68. The van der Waals surface area contributed by atoms with Crippen LogP contribution in [0.15, 0.2) is 48.5 Å². The molecule has 0 bridgehead atoms. The summed E-state index contributed by atoms with van der Waals surface area (Å²) in [7, 11) is 0. The molecule has 1 aliphatic rings. The summed E-state index contributed by atoms with van der Waals surface area (Å²) in [5.74, 6) is 0.216. The number of para-hydroxylation sites is 1. The lowest BCUT2D eigenvalue weighted by Gasteiger charge is -2.38. The highest BCUT2D eigenvalue weighted by Gasteiger charge is 2.28. The van der Waals surface area contributed by atoms with Crippen LogP contribution in [-0.2, 0) is 0 Å². The summed E-state index contributed by atoms with van der Waals surface area (Å²) < 4.78 is 29.0. The van der Waals surface area contributed by atoms with E-state index >= 15 is 0 Å². The van der Waals surface area contributed by atoms with Gasteiger partial charge in [0.05, 0.1) is 17.3 Å². The molecule has 6 nitrogen and oxygen atoms in total. The van der Waals surface area contributed by atoms with Crippen LogP contribution >= 0.6 is 0 Å². The number of piperazine rings is 1. The van der Waals surface area contributed by atoms with Crippen molar-refractivity contribution in [3.05, 3.63) is 54.1 Å². The van der Waals surface area contributed by atoms with Crippen molar-refractivity contribution in [2.75, 3.05) is 31.5 Å². The molecule has 1 amide bonds. The summed E-state index contributed by atoms with van der Waals surface area (Å²) >= 11 is 0. The van der Waals surface area contributed by atoms with Gasteiger partial charge in [0.1, 0.15) is 11.8 Å². The first-order chi connectivity index (χ1) is 14.9. The van der Waals surface area contributed by atoms with Crippen LogP contribution in [0.2, 0.25) is 0 Å². The number of benzene rings is 2. The fraction of sp³-hybridized carbons (Fsp3) is 0.391. The highest BCUT2D eigenvalue weighted by molar-refractivity contribution is 6.00. The maximum atomic E-state index is 13.2. The zero-order valence-electron chi connectivity index (χ0n) is 17.6. The lowest BCUT2D eigenvalue weighted by Crippen LogP contribution is -2.52. The summed E-state index contributed by atoms with van der Waals surface area (Å²) in [4.78, 5) is 17.1. The Balaban J connectivity index is 1.68. The van der Waals surface area contributed by atoms with E-state index in [4.69, 9.17) is 0 Å². The van der Waals surface area contributed by atoms with Gasteiger partial charge >= 0.3 is 6.61 Å². The number of nitrogens with zero attached hydrogens (tertiary/aromatic N) is 3. The second kappa shape index (κ2) is 10.2. The van der Waals surface area contributed by atoms with Gasteiger partial charge < -0.3 is 15.0 Å². The van der Waals surface area contributed by atoms with Crippen molar-refractivity contribution >= 4 is 17.3 Å². The second-order valence-corrected chi connectivity index (χ2v) is 7.72. The lowest BCUT2D eigenvalue weighted by atomic mass is 10.0. The van der Waals surface area contributed by atoms with E-state index in [-0.39, 0.29) is 23.6 Å². The van der Waals surface area contributed by atoms with Gasteiger partial charge in [-0.2, -0.15) is 14.0 Å². The van der Waals surface area contributed by atoms with Gasteiger partial charge in [0, 0.05) is 31.9 Å². The SMILES string of the molecule is CC(C)C(C#N)N1CCN(C(=O)c2ccccc2Nc2ccc(OC(F)F)cc2)CC1. The number of ether oxygens (including phenoxy) is 1. The van der Waals surface area contributed by atoms with Crippen LogP contribution in [0, 0.1) is 17.2 Å². The van der Waals surface area contributed by atoms with Crippen LogP contribution in [0.25, 0.3) is 0 Å². The Bertz CT molecular complexity index is 920. The third kappa shape index (κ3) is 5.70. The lowest BCUT2D eigenvalue weighted by molar-refractivity contribution is -0.0498. The maximum absolute atomic E-state index is 13.2. The van der Waals surface area contributed by atoms with Crippen LogP contribution in [-0.4, -0.2) is 54.5 Å². The molecule has 2 aromatic rings. The number of rotatable bonds is 7. The maximum Gasteiger partial charge on any atom is 0.387 e. The molecule has 1 atom stereocenters. The molecule has 1 unspecified atom stereocenters. The van der Waals surface area contributed by atoms with Gasteiger partial charge in [0.15, 0.2) is 0 Å². The van der Waals surface area contributed by atoms with Gasteiger partial charge in [-0.1, -0.05) is 26.0 Å². The molecule has 0 saturated carbocycles. The summed E-state index contributed by atoms with van der Waals surface area (Å²) in [6.07, 6.45) is 0. The molecule has 2 aromatic carbocycles. The Hall–Kier alpha value is -3.18. The van der Waals surface area contributed by atoms with E-state index in [0.717, 1.165) is 0 Å². The number of anilines is 2. The molecule has 0 radical (unpaired) electrons. The molecule has 1 saturated heterocycles. The van der Waals surface area contributed by atoms with E-state index in [1.165, 1.54) is 12.1 Å². The number of nitrogens with one attached hydrogen (secondary N) is 1. The molecule has 1 fully saturated rings. The first-order valence-corrected chi connectivity index (χ1v) is 10.2. The zero-order chi connectivity index (χ0) is 22.4. The molecular formula is C23H26F2N4O2. The van der Waals surface area contributed by atoms with Crippen LogP contribution in [0.4, 0.5) is 20.2 Å². The van der Waals surface area contributed by atoms with Gasteiger partial charge in [-0.3, -0.25) is 9.69 Å². The van der Waals surface area contributed by atoms with E-state index in [1.807, 2.05) is 19.9 Å². The van der Waals surface area contributed by atoms with E-state index in [2.05, 4.69) is 21.0 Å². The number of halogens is 2. The van der Waals surface area contributed by atoms with Crippen molar-refractivity contribution in [3.8, 4) is 11.8 Å². The number of hydrogen-bond donors (Lipinski definition) is 1. The van der Waals surface area contributed by atoms with Crippen molar-refractivity contribution in [2.45, 2.75) is 26.5 Å². The van der Waals surface area contributed by atoms with Crippen molar-refractivity contribution in [3.63, 3.8) is 0 Å². The standard InChI is InChI=1S/C23H26F2N4O2/c1-16(2)21(15-26)28-11-13-29(14-12-28)22(30)19-5-3-4-6-20(19)27-17-7-9-18(10-8-17)31-23(24)25/h3-10,16,21,23,27H,11-14H2,1-2H3. The molecule has 3 rings (SSSR count). The van der Waals surface area contributed by atoms with Crippen LogP contribution < -0.4 is 10.1 Å². The molecule has 31 heavy (non-hydrogen) atoms. The summed E-state index contributed by atoms with van der Waals surface area (Å²) in [5.41, 5.74) is 1.82. The highest BCUT2D eigenvalue weighted by atomic mass is 19.3. The van der Waals surface area contributed by atoms with Crippen molar-refractivity contribution in [1.29, 1.82) is 5.26 Å². The molecule has 8 heteroatoms. The smallest absolute Gasteiger partial charge is 0.387 e. The minimum Gasteiger partial charge on any atom is -0.435 e. The quantitative estimate of drug-likeness (QED) is 0.711. The molecule has 1 aliphatic heterocycles. The summed E-state index contributed by atoms with van der Waals surface area (Å²) in [6, 6.07) is 15.5. The Morgan fingerprint density at radius 2 is 1.71 bits per heavy atom. The Morgan fingerprint density at radius 1 is 1.06 bits per heavy atom. The average molecular weight is 428 g/mol. The zero-order valence-corrected chi connectivity index (χ0v) is 17.6. The molecule has 164 valence electrons. The first-order valence-electron chi connectivity index (χ1n) is 10.2. The Morgan fingerprint density at radius 3 is 2.29 bits per heavy atom. The van der Waals surface area contributed by atoms with Crippen molar-refractivity contribution < 1.29 is 18.3 Å². The highest BCUT2D eigenvalue weighted by Crippen LogP contribution is 2.25. The van der Waals surface area contributed by atoms with Crippen molar-refractivity contribution in [2.24, 2.45) is 5.92 Å². The molecule has 0 aromatic heterocycles. The summed E-state index contributed by atoms with van der Waals surface area (Å²) in [5, 5.41) is 12.6. The third-order valence-corrected chi connectivity index (χ3v) is 5.27. The monoisotopic (exact) mass is 428 g/mol. The number of carbonyl (C=O) groups is 1. The predicted molar refractivity (Wildman–Crippen MR) is 115 cm³/mol. The van der Waals surface area contributed by atoms with Gasteiger partial charge in [-0.15, -0.1) is 0 Å². The number of carbonyl (C=O) groups excluding carboxylic acids is 1. The molecule has 0 spiro atoms. The third-order valence-electron chi connectivity index (χ3n) is 5.27. The number of amides is 1. The molecule has 1 heterocycles. The first kappa shape index (κ1) is 22.5. The Labute approximate surface area is 181 Å². The largest absolute Gasteiger partial charge is 0.435 e. The number of nitriles is 1. The van der Waals surface area contributed by atoms with E-state index < -0.39 is 6.61 Å². The molecule has 0 aliphatic carbocycles. The van der Waals surface area contributed by atoms with E-state index in [0.29, 0.717) is 43.1 Å². The minimum atomic E-state index is -2.87. The van der Waals surface area contributed by atoms with Crippen LogP contribution in [0.5, 0.6) is 5.75 Å².